The summed E-state index contributed by atoms with van der Waals surface area (Å²) in [6.45, 7) is 4.00. The predicted molar refractivity (Wildman–Crippen MR) is 94.4 cm³/mol. The first-order valence-corrected chi connectivity index (χ1v) is 8.83. The fourth-order valence-corrected chi connectivity index (χ4v) is 4.08. The van der Waals surface area contributed by atoms with Gasteiger partial charge in [0.05, 0.1) is 13.0 Å². The Morgan fingerprint density at radius 1 is 1.35 bits per heavy atom. The molecule has 2 aliphatic rings. The summed E-state index contributed by atoms with van der Waals surface area (Å²) in [4.78, 5) is 23.1. The van der Waals surface area contributed by atoms with Gasteiger partial charge in [0.25, 0.3) is 0 Å². The number of carboxylic acid groups (broad SMARTS) is 1. The number of esters is 1. The Labute approximate surface area is 152 Å². The number of ether oxygens (including phenoxy) is 2. The third-order valence-electron chi connectivity index (χ3n) is 5.70. The number of aromatic hydroxyl groups is 1. The van der Waals surface area contributed by atoms with E-state index < -0.39 is 11.9 Å². The minimum Gasteiger partial charge on any atom is -0.507 e. The molecule has 0 radical (unpaired) electrons. The van der Waals surface area contributed by atoms with Crippen LogP contribution in [0.3, 0.4) is 0 Å². The molecule has 3 rings (SSSR count). The number of carbonyl (C=O) groups excluding carboxylic acids is 1. The van der Waals surface area contributed by atoms with E-state index in [-0.39, 0.29) is 29.8 Å². The average Bonchev–Trinajstić information content (AvgIpc) is 3.24. The van der Waals surface area contributed by atoms with E-state index >= 15 is 0 Å². The van der Waals surface area contributed by atoms with Crippen LogP contribution in [0.1, 0.15) is 53.2 Å². The number of hydrogen-bond acceptors (Lipinski definition) is 5. The number of phenolic OH excluding ortho intramolecular Hbond substituents is 1. The largest absolute Gasteiger partial charge is 0.507 e. The highest BCUT2D eigenvalue weighted by Crippen LogP contribution is 2.42. The van der Waals surface area contributed by atoms with E-state index in [0.717, 1.165) is 17.6 Å². The van der Waals surface area contributed by atoms with Gasteiger partial charge in [0.15, 0.2) is 0 Å². The molecule has 1 heterocycles. The van der Waals surface area contributed by atoms with E-state index in [2.05, 4.69) is 0 Å². The monoisotopic (exact) mass is 360 g/mol. The molecule has 2 N–H and O–H groups in total. The fraction of sp³-hybridized carbons (Fsp3) is 0.500. The number of cyclic esters (lactones) is 1. The number of allylic oxidation sites excluding steroid dienone is 2. The zero-order valence-corrected chi connectivity index (χ0v) is 15.3. The fourth-order valence-electron chi connectivity index (χ4n) is 4.08. The smallest absolute Gasteiger partial charge is 0.342 e. The summed E-state index contributed by atoms with van der Waals surface area (Å²) in [6.07, 6.45) is 4.62. The highest BCUT2D eigenvalue weighted by Gasteiger charge is 2.33. The molecule has 6 nitrogen and oxygen atoms in total. The third-order valence-corrected chi connectivity index (χ3v) is 5.70. The van der Waals surface area contributed by atoms with Crippen molar-refractivity contribution in [2.45, 2.75) is 46.1 Å². The van der Waals surface area contributed by atoms with Crippen LogP contribution >= 0.6 is 0 Å². The molecule has 6 heteroatoms. The molecule has 2 atom stereocenters. The van der Waals surface area contributed by atoms with E-state index in [1.165, 1.54) is 0 Å². The maximum atomic E-state index is 11.9. The summed E-state index contributed by atoms with van der Waals surface area (Å²) in [5, 5.41) is 19.8. The van der Waals surface area contributed by atoms with Gasteiger partial charge in [-0.2, -0.15) is 0 Å². The number of fused-ring (bicyclic) bond motifs is 1. The molecular weight excluding hydrogens is 336 g/mol. The van der Waals surface area contributed by atoms with Gasteiger partial charge in [0.2, 0.25) is 0 Å². The van der Waals surface area contributed by atoms with E-state index in [9.17, 15) is 14.7 Å². The molecule has 0 amide bonds. The van der Waals surface area contributed by atoms with Gasteiger partial charge in [0, 0.05) is 11.1 Å². The van der Waals surface area contributed by atoms with Crippen LogP contribution in [0.2, 0.25) is 0 Å². The number of carboxylic acids is 1. The Kier molecular flexibility index (Phi) is 4.94. The maximum Gasteiger partial charge on any atom is 0.342 e. The molecule has 1 aliphatic carbocycles. The number of methoxy groups -OCH3 is 1. The zero-order chi connectivity index (χ0) is 19.0. The molecule has 0 spiro atoms. The topological polar surface area (TPSA) is 93.1 Å². The highest BCUT2D eigenvalue weighted by atomic mass is 16.5. The lowest BCUT2D eigenvalue weighted by Crippen LogP contribution is -2.09. The first-order valence-electron chi connectivity index (χ1n) is 8.83. The minimum absolute atomic E-state index is 0.0798. The van der Waals surface area contributed by atoms with Gasteiger partial charge in [-0.15, -0.1) is 0 Å². The van der Waals surface area contributed by atoms with Gasteiger partial charge >= 0.3 is 11.9 Å². The second-order valence-electron chi connectivity index (χ2n) is 7.11. The van der Waals surface area contributed by atoms with Crippen molar-refractivity contribution in [2.24, 2.45) is 11.8 Å². The predicted octanol–water partition coefficient (Wildman–Crippen LogP) is 3.37. The number of carbonyl (C=O) groups is 2. The van der Waals surface area contributed by atoms with E-state index in [1.54, 1.807) is 7.11 Å². The van der Waals surface area contributed by atoms with Crippen molar-refractivity contribution in [2.75, 3.05) is 7.11 Å². The molecule has 1 aliphatic heterocycles. The quantitative estimate of drug-likeness (QED) is 0.618. The SMILES string of the molecule is COc1c(C)c2c(c(O)c1CC=C(C)C1CCC(C(=O)O)C1)C(=O)OC2. The van der Waals surface area contributed by atoms with Crippen LogP contribution < -0.4 is 4.74 Å². The van der Waals surface area contributed by atoms with Crippen molar-refractivity contribution in [1.29, 1.82) is 0 Å². The van der Waals surface area contributed by atoms with Crippen molar-refractivity contribution >= 4 is 11.9 Å². The molecule has 140 valence electrons. The summed E-state index contributed by atoms with van der Waals surface area (Å²) in [7, 11) is 1.54. The van der Waals surface area contributed by atoms with Crippen LogP contribution in [0, 0.1) is 18.8 Å². The summed E-state index contributed by atoms with van der Waals surface area (Å²) < 4.78 is 10.5. The molecule has 2 unspecified atom stereocenters. The normalized spacial score (nSPS) is 22.3. The Balaban J connectivity index is 1.88. The molecule has 1 fully saturated rings. The Morgan fingerprint density at radius 2 is 2.04 bits per heavy atom. The second kappa shape index (κ2) is 7.02. The van der Waals surface area contributed by atoms with Gasteiger partial charge in [-0.3, -0.25) is 4.79 Å². The molecular formula is C20H24O6. The lowest BCUT2D eigenvalue weighted by atomic mass is 9.92. The van der Waals surface area contributed by atoms with Gasteiger partial charge in [-0.05, 0) is 51.0 Å². The molecule has 0 bridgehead atoms. The standard InChI is InChI=1S/C20H24O6/c1-10(12-5-6-13(8-12)19(22)23)4-7-14-17(21)16-15(9-26-20(16)24)11(2)18(14)25-3/h4,12-13,21H,5-9H2,1-3H3,(H,22,23). The zero-order valence-electron chi connectivity index (χ0n) is 15.3. The number of benzene rings is 1. The van der Waals surface area contributed by atoms with Gasteiger partial charge < -0.3 is 19.7 Å². The van der Waals surface area contributed by atoms with Crippen LogP contribution in [0.4, 0.5) is 0 Å². The van der Waals surface area contributed by atoms with Crippen molar-refractivity contribution in [3.05, 3.63) is 33.9 Å². The van der Waals surface area contributed by atoms with Crippen LogP contribution in [0.25, 0.3) is 0 Å². The van der Waals surface area contributed by atoms with E-state index in [4.69, 9.17) is 14.6 Å². The number of rotatable bonds is 5. The summed E-state index contributed by atoms with van der Waals surface area (Å²) in [5.41, 5.74) is 3.38. The van der Waals surface area contributed by atoms with Crippen molar-refractivity contribution in [3.63, 3.8) is 0 Å². The van der Waals surface area contributed by atoms with Gasteiger partial charge in [0.1, 0.15) is 23.7 Å². The first-order chi connectivity index (χ1) is 12.3. The number of aliphatic carboxylic acids is 1. The van der Waals surface area contributed by atoms with E-state index in [0.29, 0.717) is 36.1 Å². The van der Waals surface area contributed by atoms with Crippen molar-refractivity contribution in [3.8, 4) is 11.5 Å². The Bertz CT molecular complexity index is 792. The van der Waals surface area contributed by atoms with Crippen LogP contribution in [0.15, 0.2) is 11.6 Å². The lowest BCUT2D eigenvalue weighted by molar-refractivity contribution is -0.141. The molecule has 0 aromatic heterocycles. The number of hydrogen-bond donors (Lipinski definition) is 2. The third kappa shape index (κ3) is 3.04. The second-order valence-corrected chi connectivity index (χ2v) is 7.11. The number of phenols is 1. The Hall–Kier alpha value is -2.50. The highest BCUT2D eigenvalue weighted by molar-refractivity contribution is 5.98. The molecule has 1 aromatic rings. The molecule has 1 saturated carbocycles. The van der Waals surface area contributed by atoms with Crippen LogP contribution in [-0.2, 0) is 22.6 Å². The van der Waals surface area contributed by atoms with Crippen LogP contribution in [0.5, 0.6) is 11.5 Å². The van der Waals surface area contributed by atoms with Crippen LogP contribution in [-0.4, -0.2) is 29.3 Å². The summed E-state index contributed by atoms with van der Waals surface area (Å²) in [6, 6.07) is 0. The average molecular weight is 360 g/mol. The minimum atomic E-state index is -0.729. The Morgan fingerprint density at radius 3 is 2.65 bits per heavy atom. The first kappa shape index (κ1) is 18.3. The van der Waals surface area contributed by atoms with Crippen molar-refractivity contribution < 1.29 is 29.3 Å². The van der Waals surface area contributed by atoms with Gasteiger partial charge in [-0.1, -0.05) is 11.6 Å². The maximum absolute atomic E-state index is 11.9. The molecule has 1 aromatic carbocycles. The van der Waals surface area contributed by atoms with Gasteiger partial charge in [-0.25, -0.2) is 4.79 Å². The summed E-state index contributed by atoms with van der Waals surface area (Å²) in [5.74, 6) is -0.784. The molecule has 0 saturated heterocycles. The van der Waals surface area contributed by atoms with E-state index in [1.807, 2.05) is 19.9 Å². The van der Waals surface area contributed by atoms with Crippen molar-refractivity contribution in [1.82, 2.24) is 0 Å². The summed E-state index contributed by atoms with van der Waals surface area (Å²) >= 11 is 0. The lowest BCUT2D eigenvalue weighted by Gasteiger charge is -2.16. The molecule has 26 heavy (non-hydrogen) atoms.